The average molecular weight is 393 g/mol. The van der Waals surface area contributed by atoms with Gasteiger partial charge in [0.1, 0.15) is 6.54 Å². The largest absolute Gasteiger partial charge is 0.331 e. The number of para-hydroxylation sites is 1. The topological polar surface area (TPSA) is 68.9 Å². The van der Waals surface area contributed by atoms with Crippen LogP contribution in [0.5, 0.6) is 0 Å². The van der Waals surface area contributed by atoms with Crippen LogP contribution in [0.15, 0.2) is 47.4 Å². The summed E-state index contributed by atoms with van der Waals surface area (Å²) in [5.41, 5.74) is 3.14. The zero-order valence-electron chi connectivity index (χ0n) is 17.1. The summed E-state index contributed by atoms with van der Waals surface area (Å²) >= 11 is 0. The van der Waals surface area contributed by atoms with Gasteiger partial charge in [0.25, 0.3) is 0 Å². The lowest BCUT2D eigenvalue weighted by molar-refractivity contribution is -0.116. The van der Waals surface area contributed by atoms with Gasteiger partial charge in [0.15, 0.2) is 5.65 Å². The van der Waals surface area contributed by atoms with Gasteiger partial charge >= 0.3 is 5.69 Å². The fourth-order valence-corrected chi connectivity index (χ4v) is 4.38. The van der Waals surface area contributed by atoms with Crippen molar-refractivity contribution in [1.29, 1.82) is 0 Å². The Bertz CT molecular complexity index is 1070. The van der Waals surface area contributed by atoms with Crippen molar-refractivity contribution < 1.29 is 4.79 Å². The van der Waals surface area contributed by atoms with E-state index in [1.165, 1.54) is 6.42 Å². The van der Waals surface area contributed by atoms with Crippen molar-refractivity contribution in [1.82, 2.24) is 14.1 Å². The van der Waals surface area contributed by atoms with Crippen LogP contribution in [0.25, 0.3) is 11.2 Å². The third kappa shape index (κ3) is 3.84. The predicted molar refractivity (Wildman–Crippen MR) is 115 cm³/mol. The molecular formula is C23H28N4O2. The number of hydrogen-bond acceptors (Lipinski definition) is 3. The Morgan fingerprint density at radius 1 is 1.14 bits per heavy atom. The van der Waals surface area contributed by atoms with Crippen LogP contribution < -0.4 is 11.0 Å². The number of nitrogens with zero attached hydrogens (tertiary/aromatic N) is 3. The molecule has 1 amide bonds. The number of carbonyl (C=O) groups excluding carboxylic acids is 1. The summed E-state index contributed by atoms with van der Waals surface area (Å²) in [4.78, 5) is 30.6. The number of hydrogen-bond donors (Lipinski definition) is 1. The molecule has 0 aliphatic heterocycles. The fraction of sp³-hybridized carbons (Fsp3) is 0.435. The van der Waals surface area contributed by atoms with Crippen molar-refractivity contribution in [2.24, 2.45) is 0 Å². The molecule has 2 aromatic heterocycles. The molecule has 3 aromatic rings. The molecule has 152 valence electrons. The van der Waals surface area contributed by atoms with Gasteiger partial charge in [-0.25, -0.2) is 9.78 Å². The van der Waals surface area contributed by atoms with Gasteiger partial charge in [0.05, 0.1) is 5.52 Å². The van der Waals surface area contributed by atoms with Gasteiger partial charge in [-0.2, -0.15) is 0 Å². The number of aromatic nitrogens is 3. The fourth-order valence-electron chi connectivity index (χ4n) is 4.38. The Labute approximate surface area is 170 Å². The first-order valence-electron chi connectivity index (χ1n) is 10.5. The summed E-state index contributed by atoms with van der Waals surface area (Å²) in [6, 6.07) is 11.7. The zero-order valence-corrected chi connectivity index (χ0v) is 17.1. The summed E-state index contributed by atoms with van der Waals surface area (Å²) < 4.78 is 3.37. The maximum absolute atomic E-state index is 13.3. The molecule has 1 saturated carbocycles. The summed E-state index contributed by atoms with van der Waals surface area (Å²) in [5.74, 6) is 0.0957. The molecule has 1 aromatic carbocycles. The highest BCUT2D eigenvalue weighted by Crippen LogP contribution is 2.29. The number of imidazole rings is 1. The van der Waals surface area contributed by atoms with Gasteiger partial charge in [0, 0.05) is 17.9 Å². The lowest BCUT2D eigenvalue weighted by Crippen LogP contribution is -2.32. The minimum absolute atomic E-state index is 0.0207. The van der Waals surface area contributed by atoms with Crippen molar-refractivity contribution in [3.63, 3.8) is 0 Å². The first kappa shape index (κ1) is 19.4. The lowest BCUT2D eigenvalue weighted by Gasteiger charge is -2.22. The van der Waals surface area contributed by atoms with Crippen LogP contribution in [0.4, 0.5) is 5.69 Å². The highest BCUT2D eigenvalue weighted by molar-refractivity contribution is 5.92. The van der Waals surface area contributed by atoms with E-state index < -0.39 is 0 Å². The molecule has 0 radical (unpaired) electrons. The molecule has 6 nitrogen and oxygen atoms in total. The maximum Gasteiger partial charge on any atom is 0.331 e. The number of anilines is 1. The third-order valence-corrected chi connectivity index (χ3v) is 5.82. The van der Waals surface area contributed by atoms with Gasteiger partial charge in [-0.15, -0.1) is 0 Å². The molecule has 6 heteroatoms. The summed E-state index contributed by atoms with van der Waals surface area (Å²) in [7, 11) is 0. The zero-order chi connectivity index (χ0) is 20.4. The monoisotopic (exact) mass is 392 g/mol. The minimum Gasteiger partial charge on any atom is -0.324 e. The number of pyridine rings is 1. The number of carbonyl (C=O) groups is 1. The molecule has 0 spiro atoms. The van der Waals surface area contributed by atoms with E-state index in [1.54, 1.807) is 10.8 Å². The summed E-state index contributed by atoms with van der Waals surface area (Å²) in [5, 5.41) is 2.99. The number of nitrogens with one attached hydrogen (secondary N) is 1. The van der Waals surface area contributed by atoms with Crippen LogP contribution in [-0.2, 0) is 11.3 Å². The smallest absolute Gasteiger partial charge is 0.324 e. The summed E-state index contributed by atoms with van der Waals surface area (Å²) in [6.07, 6.45) is 7.17. The van der Waals surface area contributed by atoms with Gasteiger partial charge in [-0.1, -0.05) is 51.3 Å². The van der Waals surface area contributed by atoms with E-state index in [2.05, 4.69) is 24.1 Å². The van der Waals surface area contributed by atoms with E-state index >= 15 is 0 Å². The molecule has 0 saturated heterocycles. The minimum atomic E-state index is -0.202. The van der Waals surface area contributed by atoms with Crippen molar-refractivity contribution >= 4 is 22.8 Å². The van der Waals surface area contributed by atoms with Crippen LogP contribution in [0, 0.1) is 0 Å². The Morgan fingerprint density at radius 3 is 2.66 bits per heavy atom. The highest BCUT2D eigenvalue weighted by Gasteiger charge is 2.24. The molecule has 2 heterocycles. The Morgan fingerprint density at radius 2 is 1.90 bits per heavy atom. The standard InChI is InChI=1S/C23H28N4O2/c1-16(2)18-11-6-7-12-19(18)25-21(28)15-26-20-13-8-14-24-22(20)27(23(26)29)17-9-4-3-5-10-17/h6-8,11-14,16-17H,3-5,9-10,15H2,1-2H3,(H,25,28). The molecule has 0 unspecified atom stereocenters. The van der Waals surface area contributed by atoms with Crippen LogP contribution in [-0.4, -0.2) is 20.0 Å². The van der Waals surface area contributed by atoms with Gasteiger partial charge < -0.3 is 5.32 Å². The molecule has 1 N–H and O–H groups in total. The number of fused-ring (bicyclic) bond motifs is 1. The maximum atomic E-state index is 13.3. The summed E-state index contributed by atoms with van der Waals surface area (Å²) in [6.45, 7) is 4.17. The van der Waals surface area contributed by atoms with Crippen LogP contribution in [0.3, 0.4) is 0 Å². The average Bonchev–Trinajstić information content (AvgIpc) is 3.00. The van der Waals surface area contributed by atoms with Crippen LogP contribution in [0.2, 0.25) is 0 Å². The van der Waals surface area contributed by atoms with E-state index in [1.807, 2.05) is 41.0 Å². The predicted octanol–water partition coefficient (Wildman–Crippen LogP) is 4.47. The molecule has 4 rings (SSSR count). The van der Waals surface area contributed by atoms with Gasteiger partial charge in [0.2, 0.25) is 5.91 Å². The van der Waals surface area contributed by atoms with E-state index in [0.717, 1.165) is 42.5 Å². The van der Waals surface area contributed by atoms with E-state index in [-0.39, 0.29) is 24.2 Å². The number of benzene rings is 1. The van der Waals surface area contributed by atoms with Gasteiger partial charge in [-0.3, -0.25) is 13.9 Å². The van der Waals surface area contributed by atoms with E-state index in [4.69, 9.17) is 0 Å². The van der Waals surface area contributed by atoms with Crippen molar-refractivity contribution in [2.45, 2.75) is 64.5 Å². The Balaban J connectivity index is 1.66. The van der Waals surface area contributed by atoms with Crippen molar-refractivity contribution in [2.75, 3.05) is 5.32 Å². The van der Waals surface area contributed by atoms with Crippen molar-refractivity contribution in [3.8, 4) is 0 Å². The van der Waals surface area contributed by atoms with E-state index in [0.29, 0.717) is 11.6 Å². The Hall–Kier alpha value is -2.89. The second-order valence-electron chi connectivity index (χ2n) is 8.17. The van der Waals surface area contributed by atoms with Gasteiger partial charge in [-0.05, 0) is 42.5 Å². The molecule has 0 atom stereocenters. The first-order chi connectivity index (χ1) is 14.1. The van der Waals surface area contributed by atoms with Crippen LogP contribution >= 0.6 is 0 Å². The molecule has 1 aliphatic rings. The second kappa shape index (κ2) is 8.23. The second-order valence-corrected chi connectivity index (χ2v) is 8.17. The van der Waals surface area contributed by atoms with E-state index in [9.17, 15) is 9.59 Å². The number of amides is 1. The normalized spacial score (nSPS) is 15.1. The molecule has 29 heavy (non-hydrogen) atoms. The van der Waals surface area contributed by atoms with Crippen LogP contribution in [0.1, 0.15) is 63.5 Å². The van der Waals surface area contributed by atoms with Crippen molar-refractivity contribution in [3.05, 3.63) is 58.6 Å². The third-order valence-electron chi connectivity index (χ3n) is 5.82. The molecule has 0 bridgehead atoms. The quantitative estimate of drug-likeness (QED) is 0.697. The number of rotatable bonds is 5. The Kier molecular flexibility index (Phi) is 5.51. The molecule has 1 fully saturated rings. The molecular weight excluding hydrogens is 364 g/mol. The first-order valence-corrected chi connectivity index (χ1v) is 10.5. The highest BCUT2D eigenvalue weighted by atomic mass is 16.2. The molecule has 1 aliphatic carbocycles. The SMILES string of the molecule is CC(C)c1ccccc1NC(=O)Cn1c(=O)n(C2CCCCC2)c2ncccc21. The lowest BCUT2D eigenvalue weighted by atomic mass is 9.95.